The Bertz CT molecular complexity index is 461. The summed E-state index contributed by atoms with van der Waals surface area (Å²) in [5.41, 5.74) is 5.61. The van der Waals surface area contributed by atoms with Gasteiger partial charge >= 0.3 is 0 Å². The van der Waals surface area contributed by atoms with Crippen LogP contribution in [0.5, 0.6) is 5.88 Å². The van der Waals surface area contributed by atoms with Gasteiger partial charge in [-0.2, -0.15) is 0 Å². The van der Waals surface area contributed by atoms with Crippen molar-refractivity contribution in [1.82, 2.24) is 9.97 Å². The first-order valence-electron chi connectivity index (χ1n) is 4.68. The van der Waals surface area contributed by atoms with Crippen LogP contribution in [-0.4, -0.2) is 16.6 Å². The number of nitrogen functional groups attached to an aromatic ring is 1. The van der Waals surface area contributed by atoms with Crippen molar-refractivity contribution in [1.29, 1.82) is 0 Å². The Labute approximate surface area is 106 Å². The second-order valence-corrected chi connectivity index (χ2v) is 4.88. The Hall–Kier alpha value is -1.14. The number of rotatable bonds is 4. The van der Waals surface area contributed by atoms with E-state index in [1.54, 1.807) is 11.3 Å². The zero-order valence-corrected chi connectivity index (χ0v) is 10.8. The Morgan fingerprint density at radius 1 is 1.44 bits per heavy atom. The van der Waals surface area contributed by atoms with E-state index in [1.807, 2.05) is 11.4 Å². The monoisotopic (exact) mass is 299 g/mol. The minimum Gasteiger partial charge on any atom is -0.476 e. The van der Waals surface area contributed by atoms with Gasteiger partial charge in [0.1, 0.15) is 16.6 Å². The van der Waals surface area contributed by atoms with E-state index in [-0.39, 0.29) is 0 Å². The summed E-state index contributed by atoms with van der Waals surface area (Å²) in [5.74, 6) is 0.880. The van der Waals surface area contributed by atoms with E-state index < -0.39 is 0 Å². The molecule has 2 aromatic heterocycles. The molecule has 0 saturated carbocycles. The minimum atomic E-state index is 0.390. The summed E-state index contributed by atoms with van der Waals surface area (Å²) in [6.07, 6.45) is 2.26. The van der Waals surface area contributed by atoms with Gasteiger partial charge in [0, 0.05) is 11.3 Å². The van der Waals surface area contributed by atoms with E-state index in [1.165, 1.54) is 11.2 Å². The van der Waals surface area contributed by atoms with Crippen molar-refractivity contribution in [2.75, 3.05) is 12.3 Å². The molecule has 0 unspecified atom stereocenters. The van der Waals surface area contributed by atoms with Crippen molar-refractivity contribution in [2.24, 2.45) is 0 Å². The van der Waals surface area contributed by atoms with Gasteiger partial charge in [-0.3, -0.25) is 0 Å². The molecule has 0 aliphatic carbocycles. The van der Waals surface area contributed by atoms with E-state index in [9.17, 15) is 0 Å². The number of anilines is 1. The van der Waals surface area contributed by atoms with Gasteiger partial charge in [0.05, 0.1) is 6.61 Å². The summed E-state index contributed by atoms with van der Waals surface area (Å²) in [6, 6.07) is 4.11. The normalized spacial score (nSPS) is 10.3. The van der Waals surface area contributed by atoms with Crippen LogP contribution in [0.2, 0.25) is 0 Å². The number of halogens is 1. The van der Waals surface area contributed by atoms with Crippen LogP contribution in [0.15, 0.2) is 28.3 Å². The molecule has 0 saturated heterocycles. The van der Waals surface area contributed by atoms with Gasteiger partial charge in [-0.1, -0.05) is 6.07 Å². The number of hydrogen-bond acceptors (Lipinski definition) is 5. The first-order chi connectivity index (χ1) is 7.77. The third-order valence-corrected chi connectivity index (χ3v) is 3.63. The highest BCUT2D eigenvalue weighted by Gasteiger charge is 2.06. The number of hydrogen-bond donors (Lipinski definition) is 1. The maximum Gasteiger partial charge on any atom is 0.233 e. The first-order valence-corrected chi connectivity index (χ1v) is 6.36. The number of nitrogens with zero attached hydrogens (tertiary/aromatic N) is 2. The molecular weight excluding hydrogens is 290 g/mol. The molecular formula is C10H10BrN3OS. The zero-order valence-electron chi connectivity index (χ0n) is 8.39. The van der Waals surface area contributed by atoms with Gasteiger partial charge in [-0.05, 0) is 27.4 Å². The summed E-state index contributed by atoms with van der Waals surface area (Å²) in [5, 5.41) is 2.05. The van der Waals surface area contributed by atoms with Crippen molar-refractivity contribution in [3.63, 3.8) is 0 Å². The molecule has 0 aliphatic heterocycles. The standard InChI is InChI=1S/C10H10BrN3OS/c11-8-9(12)13-6-14-10(8)15-4-3-7-2-1-5-16-7/h1-2,5-6H,3-4H2,(H2,12,13,14). The van der Waals surface area contributed by atoms with Crippen LogP contribution in [0.25, 0.3) is 0 Å². The third kappa shape index (κ3) is 2.70. The van der Waals surface area contributed by atoms with Gasteiger partial charge in [0.25, 0.3) is 0 Å². The molecule has 0 spiro atoms. The van der Waals surface area contributed by atoms with E-state index >= 15 is 0 Å². The fourth-order valence-electron chi connectivity index (χ4n) is 1.17. The van der Waals surface area contributed by atoms with E-state index in [4.69, 9.17) is 10.5 Å². The Kier molecular flexibility index (Phi) is 3.74. The summed E-state index contributed by atoms with van der Waals surface area (Å²) in [6.45, 7) is 0.579. The molecule has 0 atom stereocenters. The molecule has 0 aliphatic rings. The lowest BCUT2D eigenvalue weighted by Gasteiger charge is -2.06. The van der Waals surface area contributed by atoms with Crippen LogP contribution < -0.4 is 10.5 Å². The molecule has 0 bridgehead atoms. The van der Waals surface area contributed by atoms with Crippen molar-refractivity contribution in [3.05, 3.63) is 33.2 Å². The molecule has 84 valence electrons. The molecule has 6 heteroatoms. The van der Waals surface area contributed by atoms with Crippen LogP contribution in [0.3, 0.4) is 0 Å². The fourth-order valence-corrected chi connectivity index (χ4v) is 2.18. The lowest BCUT2D eigenvalue weighted by Crippen LogP contribution is -2.04. The quantitative estimate of drug-likeness (QED) is 0.942. The highest BCUT2D eigenvalue weighted by molar-refractivity contribution is 9.10. The van der Waals surface area contributed by atoms with Crippen LogP contribution in [0.4, 0.5) is 5.82 Å². The minimum absolute atomic E-state index is 0.390. The third-order valence-electron chi connectivity index (χ3n) is 1.95. The number of thiophene rings is 1. The topological polar surface area (TPSA) is 61.0 Å². The van der Waals surface area contributed by atoms with Gasteiger partial charge in [-0.25, -0.2) is 9.97 Å². The largest absolute Gasteiger partial charge is 0.476 e. The molecule has 2 aromatic rings. The molecule has 0 fully saturated rings. The number of nitrogens with two attached hydrogens (primary N) is 1. The zero-order chi connectivity index (χ0) is 11.4. The first kappa shape index (κ1) is 11.3. The van der Waals surface area contributed by atoms with Crippen molar-refractivity contribution in [2.45, 2.75) is 6.42 Å². The van der Waals surface area contributed by atoms with Crippen LogP contribution in [0, 0.1) is 0 Å². The fraction of sp³-hybridized carbons (Fsp3) is 0.200. The van der Waals surface area contributed by atoms with Crippen LogP contribution in [-0.2, 0) is 6.42 Å². The molecule has 4 nitrogen and oxygen atoms in total. The summed E-state index contributed by atoms with van der Waals surface area (Å²) < 4.78 is 6.13. The number of ether oxygens (including phenoxy) is 1. The average Bonchev–Trinajstić information content (AvgIpc) is 2.77. The Morgan fingerprint density at radius 3 is 3.06 bits per heavy atom. The molecule has 0 radical (unpaired) electrons. The molecule has 2 heterocycles. The molecule has 0 aromatic carbocycles. The highest BCUT2D eigenvalue weighted by Crippen LogP contribution is 2.26. The maximum atomic E-state index is 5.61. The van der Waals surface area contributed by atoms with E-state index in [0.717, 1.165) is 6.42 Å². The maximum absolute atomic E-state index is 5.61. The van der Waals surface area contributed by atoms with Gasteiger partial charge < -0.3 is 10.5 Å². The predicted molar refractivity (Wildman–Crippen MR) is 67.7 cm³/mol. The van der Waals surface area contributed by atoms with Gasteiger partial charge in [0.2, 0.25) is 5.88 Å². The van der Waals surface area contributed by atoms with Gasteiger partial charge in [0.15, 0.2) is 0 Å². The smallest absolute Gasteiger partial charge is 0.233 e. The predicted octanol–water partition coefficient (Wildman–Crippen LogP) is 2.50. The Morgan fingerprint density at radius 2 is 2.31 bits per heavy atom. The van der Waals surface area contributed by atoms with E-state index in [2.05, 4.69) is 32.0 Å². The summed E-state index contributed by atoms with van der Waals surface area (Å²) in [4.78, 5) is 9.13. The average molecular weight is 300 g/mol. The lowest BCUT2D eigenvalue weighted by atomic mass is 10.4. The Balaban J connectivity index is 1.92. The second-order valence-electron chi connectivity index (χ2n) is 3.06. The van der Waals surface area contributed by atoms with Gasteiger partial charge in [-0.15, -0.1) is 11.3 Å². The van der Waals surface area contributed by atoms with Crippen molar-refractivity contribution >= 4 is 33.1 Å². The SMILES string of the molecule is Nc1ncnc(OCCc2cccs2)c1Br. The van der Waals surface area contributed by atoms with Crippen LogP contribution in [0.1, 0.15) is 4.88 Å². The summed E-state index contributed by atoms with van der Waals surface area (Å²) in [7, 11) is 0. The second kappa shape index (κ2) is 5.27. The van der Waals surface area contributed by atoms with Crippen molar-refractivity contribution < 1.29 is 4.74 Å². The number of aromatic nitrogens is 2. The van der Waals surface area contributed by atoms with Crippen LogP contribution >= 0.6 is 27.3 Å². The summed E-state index contributed by atoms with van der Waals surface area (Å²) >= 11 is 5.00. The molecule has 16 heavy (non-hydrogen) atoms. The van der Waals surface area contributed by atoms with Crippen molar-refractivity contribution in [3.8, 4) is 5.88 Å². The molecule has 0 amide bonds. The molecule has 2 rings (SSSR count). The van der Waals surface area contributed by atoms with E-state index in [0.29, 0.717) is 22.8 Å². The lowest BCUT2D eigenvalue weighted by molar-refractivity contribution is 0.308. The molecule has 2 N–H and O–H groups in total. The highest BCUT2D eigenvalue weighted by atomic mass is 79.9.